The third-order valence-corrected chi connectivity index (χ3v) is 3.23. The molecular formula is C12H20N4. The summed E-state index contributed by atoms with van der Waals surface area (Å²) < 4.78 is 1.73. The van der Waals surface area contributed by atoms with Gasteiger partial charge >= 0.3 is 0 Å². The molecule has 1 fully saturated rings. The van der Waals surface area contributed by atoms with Crippen LogP contribution in [-0.2, 0) is 7.05 Å². The van der Waals surface area contributed by atoms with Crippen LogP contribution < -0.4 is 5.32 Å². The Hall–Kier alpha value is -1.16. The van der Waals surface area contributed by atoms with Gasteiger partial charge in [0.05, 0.1) is 0 Å². The third kappa shape index (κ3) is 2.92. The van der Waals surface area contributed by atoms with Gasteiger partial charge in [0.2, 0.25) is 0 Å². The Morgan fingerprint density at radius 1 is 1.56 bits per heavy atom. The maximum Gasteiger partial charge on any atom is 0.176 e. The van der Waals surface area contributed by atoms with Gasteiger partial charge in [0.25, 0.3) is 0 Å². The number of hydrogen-bond donors (Lipinski definition) is 1. The van der Waals surface area contributed by atoms with Gasteiger partial charge in [0.15, 0.2) is 5.82 Å². The number of aryl methyl sites for hydroxylation is 1. The van der Waals surface area contributed by atoms with Crippen molar-refractivity contribution in [3.05, 3.63) is 18.7 Å². The molecule has 88 valence electrons. The zero-order valence-electron chi connectivity index (χ0n) is 9.95. The molecule has 0 unspecified atom stereocenters. The van der Waals surface area contributed by atoms with Crippen molar-refractivity contribution >= 4 is 5.57 Å². The van der Waals surface area contributed by atoms with Crippen LogP contribution in [0.15, 0.2) is 12.9 Å². The van der Waals surface area contributed by atoms with Crippen LogP contribution in [0.1, 0.15) is 31.5 Å². The van der Waals surface area contributed by atoms with Crippen molar-refractivity contribution in [3.63, 3.8) is 0 Å². The maximum atomic E-state index is 4.27. The molecule has 0 spiro atoms. The first kappa shape index (κ1) is 11.3. The first-order chi connectivity index (χ1) is 7.75. The highest BCUT2D eigenvalue weighted by Gasteiger charge is 2.14. The molecule has 1 aliphatic heterocycles. The molecule has 0 aliphatic carbocycles. The van der Waals surface area contributed by atoms with E-state index in [1.165, 1.54) is 32.4 Å². The van der Waals surface area contributed by atoms with Gasteiger partial charge in [-0.15, -0.1) is 0 Å². The summed E-state index contributed by atoms with van der Waals surface area (Å²) in [7, 11) is 1.89. The van der Waals surface area contributed by atoms with Gasteiger partial charge in [-0.25, -0.2) is 4.98 Å². The van der Waals surface area contributed by atoms with E-state index in [4.69, 9.17) is 0 Å². The van der Waals surface area contributed by atoms with Crippen molar-refractivity contribution < 1.29 is 0 Å². The Kier molecular flexibility index (Phi) is 3.72. The normalized spacial score (nSPS) is 17.6. The van der Waals surface area contributed by atoms with Crippen LogP contribution in [0, 0.1) is 5.92 Å². The Balaban J connectivity index is 1.79. The Labute approximate surface area is 96.8 Å². The summed E-state index contributed by atoms with van der Waals surface area (Å²) in [5, 5.41) is 7.65. The van der Waals surface area contributed by atoms with Crippen LogP contribution in [-0.4, -0.2) is 27.9 Å². The standard InChI is InChI=1S/C12H20N4/c1-10(12-14-9-16(2)15-12)3-4-11-5-7-13-8-6-11/h9,11,13H,1,3-8H2,2H3. The quantitative estimate of drug-likeness (QED) is 0.838. The Morgan fingerprint density at radius 3 is 2.94 bits per heavy atom. The lowest BCUT2D eigenvalue weighted by Crippen LogP contribution is -2.27. The highest BCUT2D eigenvalue weighted by molar-refractivity contribution is 5.56. The molecule has 1 saturated heterocycles. The molecule has 2 rings (SSSR count). The van der Waals surface area contributed by atoms with E-state index in [0.29, 0.717) is 0 Å². The van der Waals surface area contributed by atoms with Gasteiger partial charge in [0.1, 0.15) is 6.33 Å². The van der Waals surface area contributed by atoms with Crippen LogP contribution >= 0.6 is 0 Å². The molecule has 16 heavy (non-hydrogen) atoms. The van der Waals surface area contributed by atoms with Gasteiger partial charge in [-0.1, -0.05) is 6.58 Å². The molecular weight excluding hydrogens is 200 g/mol. The van der Waals surface area contributed by atoms with Crippen molar-refractivity contribution in [2.75, 3.05) is 13.1 Å². The second-order valence-corrected chi connectivity index (χ2v) is 4.58. The van der Waals surface area contributed by atoms with Gasteiger partial charge in [-0.05, 0) is 50.3 Å². The summed E-state index contributed by atoms with van der Waals surface area (Å²) in [5.41, 5.74) is 1.07. The fourth-order valence-electron chi connectivity index (χ4n) is 2.16. The predicted molar refractivity (Wildman–Crippen MR) is 64.9 cm³/mol. The molecule has 4 heteroatoms. The van der Waals surface area contributed by atoms with Crippen LogP contribution in [0.5, 0.6) is 0 Å². The lowest BCUT2D eigenvalue weighted by Gasteiger charge is -2.22. The van der Waals surface area contributed by atoms with Crippen molar-refractivity contribution in [2.24, 2.45) is 13.0 Å². The molecule has 1 N–H and O–H groups in total. The highest BCUT2D eigenvalue weighted by Crippen LogP contribution is 2.22. The second kappa shape index (κ2) is 5.25. The lowest BCUT2D eigenvalue weighted by atomic mass is 9.91. The van der Waals surface area contributed by atoms with Gasteiger partial charge in [-0.2, -0.15) is 5.10 Å². The topological polar surface area (TPSA) is 42.7 Å². The van der Waals surface area contributed by atoms with Crippen LogP contribution in [0.2, 0.25) is 0 Å². The predicted octanol–water partition coefficient (Wildman–Crippen LogP) is 1.61. The van der Waals surface area contributed by atoms with E-state index in [2.05, 4.69) is 22.0 Å². The number of nitrogens with zero attached hydrogens (tertiary/aromatic N) is 3. The van der Waals surface area contributed by atoms with Crippen molar-refractivity contribution in [1.82, 2.24) is 20.1 Å². The van der Waals surface area contributed by atoms with Gasteiger partial charge < -0.3 is 5.32 Å². The van der Waals surface area contributed by atoms with Crippen LogP contribution in [0.4, 0.5) is 0 Å². The summed E-state index contributed by atoms with van der Waals surface area (Å²) in [5.74, 6) is 1.65. The molecule has 0 atom stereocenters. The summed E-state index contributed by atoms with van der Waals surface area (Å²) >= 11 is 0. The zero-order chi connectivity index (χ0) is 11.4. The maximum absolute atomic E-state index is 4.27. The van der Waals surface area contributed by atoms with E-state index in [0.717, 1.165) is 23.7 Å². The van der Waals surface area contributed by atoms with E-state index in [1.807, 2.05) is 7.05 Å². The van der Waals surface area contributed by atoms with Crippen LogP contribution in [0.25, 0.3) is 5.57 Å². The Bertz CT molecular complexity index is 350. The summed E-state index contributed by atoms with van der Waals surface area (Å²) in [6.45, 7) is 6.40. The molecule has 0 bridgehead atoms. The summed E-state index contributed by atoms with van der Waals surface area (Å²) in [6.07, 6.45) is 6.56. The van der Waals surface area contributed by atoms with E-state index in [1.54, 1.807) is 11.0 Å². The third-order valence-electron chi connectivity index (χ3n) is 3.23. The molecule has 0 radical (unpaired) electrons. The van der Waals surface area contributed by atoms with Gasteiger partial charge in [0, 0.05) is 7.05 Å². The number of nitrogens with one attached hydrogen (secondary N) is 1. The monoisotopic (exact) mass is 220 g/mol. The van der Waals surface area contributed by atoms with Gasteiger partial charge in [-0.3, -0.25) is 4.68 Å². The molecule has 1 aromatic rings. The van der Waals surface area contributed by atoms with E-state index in [9.17, 15) is 0 Å². The minimum absolute atomic E-state index is 0.802. The molecule has 0 amide bonds. The zero-order valence-corrected chi connectivity index (χ0v) is 9.95. The summed E-state index contributed by atoms with van der Waals surface area (Å²) in [6, 6.07) is 0. The lowest BCUT2D eigenvalue weighted by molar-refractivity contribution is 0.357. The van der Waals surface area contributed by atoms with E-state index < -0.39 is 0 Å². The van der Waals surface area contributed by atoms with Crippen molar-refractivity contribution in [3.8, 4) is 0 Å². The van der Waals surface area contributed by atoms with Crippen molar-refractivity contribution in [2.45, 2.75) is 25.7 Å². The minimum atomic E-state index is 0.802. The number of allylic oxidation sites excluding steroid dienone is 1. The SMILES string of the molecule is C=C(CCC1CCNCC1)c1ncn(C)n1. The van der Waals surface area contributed by atoms with E-state index >= 15 is 0 Å². The average Bonchev–Trinajstić information content (AvgIpc) is 2.74. The number of aromatic nitrogens is 3. The first-order valence-corrected chi connectivity index (χ1v) is 6.00. The molecule has 1 aliphatic rings. The van der Waals surface area contributed by atoms with Crippen LogP contribution in [0.3, 0.4) is 0 Å². The summed E-state index contributed by atoms with van der Waals surface area (Å²) in [4.78, 5) is 4.22. The fourth-order valence-corrected chi connectivity index (χ4v) is 2.16. The molecule has 0 aromatic carbocycles. The number of piperidine rings is 1. The second-order valence-electron chi connectivity index (χ2n) is 4.58. The number of hydrogen-bond acceptors (Lipinski definition) is 3. The first-order valence-electron chi connectivity index (χ1n) is 6.00. The average molecular weight is 220 g/mol. The molecule has 0 saturated carbocycles. The Morgan fingerprint density at radius 2 is 2.31 bits per heavy atom. The molecule has 4 nitrogen and oxygen atoms in total. The fraction of sp³-hybridized carbons (Fsp3) is 0.667. The van der Waals surface area contributed by atoms with E-state index in [-0.39, 0.29) is 0 Å². The largest absolute Gasteiger partial charge is 0.317 e. The smallest absolute Gasteiger partial charge is 0.176 e. The highest BCUT2D eigenvalue weighted by atomic mass is 15.3. The minimum Gasteiger partial charge on any atom is -0.317 e. The molecule has 2 heterocycles. The number of rotatable bonds is 4. The molecule has 1 aromatic heterocycles. The van der Waals surface area contributed by atoms with Crippen molar-refractivity contribution in [1.29, 1.82) is 0 Å².